The highest BCUT2D eigenvalue weighted by Gasteiger charge is 2.06. The van der Waals surface area contributed by atoms with Gasteiger partial charge in [0, 0.05) is 7.47 Å². The van der Waals surface area contributed by atoms with Crippen molar-refractivity contribution in [1.29, 1.82) is 0 Å². The maximum absolute atomic E-state index is 6.85. The predicted molar refractivity (Wildman–Crippen MR) is 33.2 cm³/mol. The van der Waals surface area contributed by atoms with Crippen LogP contribution >= 0.6 is 0 Å². The van der Waals surface area contributed by atoms with Crippen LogP contribution in [0.4, 0.5) is 0 Å². The highest BCUT2D eigenvalue weighted by Crippen LogP contribution is 2.14. The Hall–Kier alpha value is -0.0400. The summed E-state index contributed by atoms with van der Waals surface area (Å²) < 4.78 is 6.85. The molecule has 0 radical (unpaired) electrons. The van der Waals surface area contributed by atoms with E-state index in [4.69, 9.17) is 1.41 Å². The van der Waals surface area contributed by atoms with Crippen LogP contribution in [-0.4, -0.2) is 6.04 Å². The van der Waals surface area contributed by atoms with Gasteiger partial charge >= 0.3 is 0 Å². The molecule has 1 rings (SSSR count). The van der Waals surface area contributed by atoms with Gasteiger partial charge in [-0.25, -0.2) is 0 Å². The van der Waals surface area contributed by atoms with Crippen molar-refractivity contribution in [3.63, 3.8) is 0 Å². The van der Waals surface area contributed by atoms with Crippen LogP contribution in [0.3, 0.4) is 0 Å². The van der Waals surface area contributed by atoms with Gasteiger partial charge in [0.2, 0.25) is 0 Å². The second-order valence-corrected chi connectivity index (χ2v) is 2.33. The smallest absolute Gasteiger partial charge is 0.119 e. The summed E-state index contributed by atoms with van der Waals surface area (Å²) in [5, 5.41) is 0. The topological polar surface area (TPSA) is 26.0 Å². The van der Waals surface area contributed by atoms with E-state index in [1.54, 1.807) is 0 Å². The van der Waals surface area contributed by atoms with Crippen molar-refractivity contribution in [2.24, 2.45) is 5.73 Å². The van der Waals surface area contributed by atoms with Crippen molar-refractivity contribution in [3.8, 4) is 0 Å². The van der Waals surface area contributed by atoms with E-state index in [1.165, 1.54) is 32.1 Å². The maximum atomic E-state index is 6.85. The van der Waals surface area contributed by atoms with Crippen molar-refractivity contribution in [2.45, 2.75) is 38.1 Å². The van der Waals surface area contributed by atoms with Gasteiger partial charge in [-0.15, -0.1) is 0 Å². The van der Waals surface area contributed by atoms with E-state index < -0.39 is 0 Å². The molecule has 44 valence electrons. The summed E-state index contributed by atoms with van der Waals surface area (Å²) >= 11 is 0. The van der Waals surface area contributed by atoms with Gasteiger partial charge in [0.05, 0.1) is 0 Å². The van der Waals surface area contributed by atoms with E-state index in [9.17, 15) is 0 Å². The van der Waals surface area contributed by atoms with Crippen molar-refractivity contribution in [3.05, 3.63) is 0 Å². The molecule has 1 nitrogen and oxygen atoms in total. The molecule has 0 aromatic rings. The van der Waals surface area contributed by atoms with Gasteiger partial charge in [0.25, 0.3) is 0 Å². The fourth-order valence-electron chi connectivity index (χ4n) is 1.10. The zero-order valence-corrected chi connectivity index (χ0v) is 4.61. The monoisotopic (exact) mass is 103 g/mol. The van der Waals surface area contributed by atoms with Gasteiger partial charge in [0.1, 0.15) is 1.41 Å². The highest BCUT2D eigenvalue weighted by atomic mass is 14.6. The maximum Gasteiger partial charge on any atom is 0.119 e. The average molecular weight is 103 g/mol. The number of hydrogen-bond donors (Lipinski definition) is 1. The molecule has 0 unspecified atom stereocenters. The highest BCUT2D eigenvalue weighted by molar-refractivity contribution is 4.66. The third-order valence-corrected chi connectivity index (χ3v) is 1.61. The molecular formula is C6H15N. The molecule has 0 heterocycles. The molecule has 7 heavy (non-hydrogen) atoms. The van der Waals surface area contributed by atoms with Crippen LogP contribution in [0.1, 0.15) is 33.5 Å². The zero-order valence-electron chi connectivity index (χ0n) is 5.61. The van der Waals surface area contributed by atoms with Crippen LogP contribution in [0.15, 0.2) is 0 Å². The van der Waals surface area contributed by atoms with Crippen molar-refractivity contribution < 1.29 is 2.84 Å². The molecule has 1 heteroatoms. The molecule has 0 aromatic carbocycles. The molecule has 0 aliphatic heterocycles. The largest absolute Gasteiger partial charge is 0.328 e. The first-order valence-corrected chi connectivity index (χ1v) is 3.11. The first-order valence-electron chi connectivity index (χ1n) is 3.61. The molecular weight excluding hydrogens is 86.1 g/mol. The quantitative estimate of drug-likeness (QED) is 0.535. The predicted octanol–water partition coefficient (Wildman–Crippen LogP) is 1.52. The normalized spacial score (nSPS) is 27.1. The van der Waals surface area contributed by atoms with E-state index in [1.807, 2.05) is 0 Å². The summed E-state index contributed by atoms with van der Waals surface area (Å²) in [5.41, 5.74) is 2.55. The zero-order chi connectivity index (χ0) is 5.82. The molecule has 1 aliphatic carbocycles. The van der Waals surface area contributed by atoms with Crippen LogP contribution in [0.5, 0.6) is 0 Å². The van der Waals surface area contributed by atoms with Gasteiger partial charge < -0.3 is 5.73 Å². The van der Waals surface area contributed by atoms with Crippen molar-refractivity contribution >= 4 is 0 Å². The Morgan fingerprint density at radius 2 is 2.14 bits per heavy atom. The minimum absolute atomic E-state index is 0. The van der Waals surface area contributed by atoms with E-state index in [-0.39, 0.29) is 1.43 Å². The Balaban J connectivity index is 0.000000640. The summed E-state index contributed by atoms with van der Waals surface area (Å²) in [6.45, 7) is 0. The van der Waals surface area contributed by atoms with Crippen LogP contribution in [0.2, 0.25) is 1.41 Å². The Kier molecular flexibility index (Phi) is 1.29. The standard InChI is InChI=1S/C6H13N.H2/c7-6-4-2-1-3-5-6;/h6H,1-5,7H2;1H/i/hT. The Morgan fingerprint density at radius 1 is 1.43 bits per heavy atom. The third-order valence-electron chi connectivity index (χ3n) is 1.61. The number of nitrogens with two attached hydrogens (primary N) is 1. The van der Waals surface area contributed by atoms with Crippen LogP contribution in [0, 0.1) is 0 Å². The second kappa shape index (κ2) is 2.31. The lowest BCUT2D eigenvalue weighted by Crippen LogP contribution is -2.22. The molecule has 2 N–H and O–H groups in total. The fraction of sp³-hybridized carbons (Fsp3) is 1.00. The SMILES string of the molecule is [3H]NC1CCCCC1.[HH]. The summed E-state index contributed by atoms with van der Waals surface area (Å²) in [6.07, 6.45) is 6.43. The minimum atomic E-state index is 0. The lowest BCUT2D eigenvalue weighted by atomic mass is 9.97. The number of rotatable bonds is 1. The van der Waals surface area contributed by atoms with Gasteiger partial charge in [-0.1, -0.05) is 19.3 Å². The number of hydrogen-bond acceptors (Lipinski definition) is 1. The molecule has 0 bridgehead atoms. The van der Waals surface area contributed by atoms with Crippen molar-refractivity contribution in [2.75, 3.05) is 0 Å². The van der Waals surface area contributed by atoms with Crippen LogP contribution < -0.4 is 5.73 Å². The summed E-state index contributed by atoms with van der Waals surface area (Å²) in [7, 11) is 0. The lowest BCUT2D eigenvalue weighted by Gasteiger charge is -2.15. The molecule has 1 aliphatic rings. The van der Waals surface area contributed by atoms with E-state index in [0.29, 0.717) is 6.04 Å². The lowest BCUT2D eigenvalue weighted by molar-refractivity contribution is 0.441. The molecule has 0 atom stereocenters. The van der Waals surface area contributed by atoms with Gasteiger partial charge in [-0.2, -0.15) is 0 Å². The summed E-state index contributed by atoms with van der Waals surface area (Å²) in [6, 6.07) is 0.503. The van der Waals surface area contributed by atoms with Gasteiger partial charge in [-0.3, -0.25) is 0 Å². The molecule has 1 saturated carbocycles. The Bertz CT molecular complexity index is 62.1. The molecule has 0 spiro atoms. The van der Waals surface area contributed by atoms with E-state index in [0.717, 1.165) is 0 Å². The van der Waals surface area contributed by atoms with E-state index >= 15 is 0 Å². The molecule has 0 aromatic heterocycles. The summed E-state index contributed by atoms with van der Waals surface area (Å²) in [5.74, 6) is 0. The molecule has 1 fully saturated rings. The minimum Gasteiger partial charge on any atom is -0.328 e. The average Bonchev–Trinajstić information content (AvgIpc) is 1.90. The fourth-order valence-corrected chi connectivity index (χ4v) is 1.10. The van der Waals surface area contributed by atoms with Crippen LogP contribution in [0.25, 0.3) is 0 Å². The van der Waals surface area contributed by atoms with Crippen LogP contribution in [-0.2, 0) is 0 Å². The third kappa shape index (κ3) is 1.48. The Labute approximate surface area is 47.8 Å². The van der Waals surface area contributed by atoms with Gasteiger partial charge in [0.15, 0.2) is 0 Å². The van der Waals surface area contributed by atoms with E-state index in [2.05, 4.69) is 5.73 Å². The first kappa shape index (κ1) is 3.90. The Morgan fingerprint density at radius 3 is 2.57 bits per heavy atom. The molecule has 0 saturated heterocycles. The van der Waals surface area contributed by atoms with Crippen molar-refractivity contribution in [1.82, 2.24) is 0 Å². The summed E-state index contributed by atoms with van der Waals surface area (Å²) in [4.78, 5) is 0. The molecule has 0 amide bonds. The first-order chi connectivity index (χ1) is 3.93. The van der Waals surface area contributed by atoms with Gasteiger partial charge in [-0.05, 0) is 12.8 Å². The second-order valence-electron chi connectivity index (χ2n) is 2.33.